The van der Waals surface area contributed by atoms with Crippen molar-refractivity contribution in [3.63, 3.8) is 0 Å². The van der Waals surface area contributed by atoms with Crippen molar-refractivity contribution in [3.8, 4) is 0 Å². The minimum atomic E-state index is -0.0916. The predicted octanol–water partition coefficient (Wildman–Crippen LogP) is 0.282. The highest BCUT2D eigenvalue weighted by Crippen LogP contribution is 2.21. The summed E-state index contributed by atoms with van der Waals surface area (Å²) in [6, 6.07) is 0. The molecule has 0 aromatic carbocycles. The zero-order valence-electron chi connectivity index (χ0n) is 16.4. The molecule has 0 aliphatic carbocycles. The summed E-state index contributed by atoms with van der Waals surface area (Å²) in [5, 5.41) is 4.31. The third-order valence-electron chi connectivity index (χ3n) is 5.94. The van der Waals surface area contributed by atoms with E-state index < -0.39 is 0 Å². The summed E-state index contributed by atoms with van der Waals surface area (Å²) >= 11 is 0. The van der Waals surface area contributed by atoms with Crippen LogP contribution in [0.25, 0.3) is 5.65 Å². The molecule has 2 aromatic rings. The van der Waals surface area contributed by atoms with E-state index in [4.69, 9.17) is 0 Å². The molecule has 0 radical (unpaired) electrons. The predicted molar refractivity (Wildman–Crippen MR) is 103 cm³/mol. The molecule has 0 unspecified atom stereocenters. The Morgan fingerprint density at radius 2 is 1.85 bits per heavy atom. The van der Waals surface area contributed by atoms with Crippen molar-refractivity contribution in [1.82, 2.24) is 28.9 Å². The summed E-state index contributed by atoms with van der Waals surface area (Å²) in [5.41, 5.74) is 2.95. The van der Waals surface area contributed by atoms with E-state index in [2.05, 4.69) is 33.3 Å². The van der Waals surface area contributed by atoms with Crippen molar-refractivity contribution in [2.75, 3.05) is 46.3 Å². The molecule has 0 N–H and O–H groups in total. The van der Waals surface area contributed by atoms with Gasteiger partial charge in [-0.05, 0) is 20.5 Å². The number of likely N-dealkylation sites (N-methyl/N-ethyl adjacent to an activating group) is 2. The molecule has 2 aliphatic rings. The number of piperazine rings is 1. The van der Waals surface area contributed by atoms with Crippen LogP contribution in [0.2, 0.25) is 0 Å². The van der Waals surface area contributed by atoms with E-state index >= 15 is 0 Å². The molecule has 2 aromatic heterocycles. The van der Waals surface area contributed by atoms with E-state index in [1.54, 1.807) is 6.20 Å². The van der Waals surface area contributed by atoms with E-state index in [0.717, 1.165) is 56.9 Å². The number of carbonyl (C=O) groups is 1. The summed E-state index contributed by atoms with van der Waals surface area (Å²) in [4.78, 5) is 32.6. The van der Waals surface area contributed by atoms with Crippen LogP contribution in [-0.2, 0) is 19.5 Å². The first kappa shape index (κ1) is 18.2. The number of hydrogen-bond acceptors (Lipinski definition) is 5. The topological polar surface area (TPSA) is 66.1 Å². The van der Waals surface area contributed by atoms with Gasteiger partial charge in [-0.15, -0.1) is 0 Å². The largest absolute Gasteiger partial charge is 0.336 e. The second-order valence-electron chi connectivity index (χ2n) is 7.48. The minimum absolute atomic E-state index is 0.0183. The molecule has 8 heteroatoms. The first-order valence-electron chi connectivity index (χ1n) is 9.87. The smallest absolute Gasteiger partial charge is 0.279 e. The SMILES string of the molecule is CCN1CCN(C(=O)c2cnn3c(=O)c4c(n(CC)c23)CCN(C)C4)CC1. The first-order chi connectivity index (χ1) is 13.0. The molecule has 1 saturated heterocycles. The third-order valence-corrected chi connectivity index (χ3v) is 5.94. The van der Waals surface area contributed by atoms with Gasteiger partial charge in [0.05, 0.1) is 11.8 Å². The van der Waals surface area contributed by atoms with E-state index in [0.29, 0.717) is 24.3 Å². The summed E-state index contributed by atoms with van der Waals surface area (Å²) < 4.78 is 3.54. The number of amides is 1. The molecule has 4 heterocycles. The number of rotatable bonds is 3. The van der Waals surface area contributed by atoms with Crippen LogP contribution in [0, 0.1) is 0 Å². The molecule has 2 aliphatic heterocycles. The van der Waals surface area contributed by atoms with Crippen molar-refractivity contribution in [1.29, 1.82) is 0 Å². The maximum absolute atomic E-state index is 13.2. The third kappa shape index (κ3) is 2.96. The van der Waals surface area contributed by atoms with Gasteiger partial charge >= 0.3 is 0 Å². The van der Waals surface area contributed by atoms with Crippen LogP contribution >= 0.6 is 0 Å². The van der Waals surface area contributed by atoms with Crippen molar-refractivity contribution in [3.05, 3.63) is 33.4 Å². The average molecular weight is 372 g/mol. The number of carbonyl (C=O) groups excluding carboxylic acids is 1. The van der Waals surface area contributed by atoms with Crippen LogP contribution in [0.3, 0.4) is 0 Å². The number of aryl methyl sites for hydroxylation is 1. The maximum atomic E-state index is 13.2. The molecule has 0 atom stereocenters. The molecule has 4 rings (SSSR count). The number of aromatic nitrogens is 3. The number of nitrogens with zero attached hydrogens (tertiary/aromatic N) is 6. The Kier molecular flexibility index (Phi) is 4.77. The molecule has 0 spiro atoms. The Hall–Kier alpha value is -2.19. The fourth-order valence-electron chi connectivity index (χ4n) is 4.31. The van der Waals surface area contributed by atoms with Gasteiger partial charge < -0.3 is 19.3 Å². The van der Waals surface area contributed by atoms with E-state index in [1.165, 1.54) is 4.52 Å². The minimum Gasteiger partial charge on any atom is -0.336 e. The lowest BCUT2D eigenvalue weighted by Gasteiger charge is -2.34. The van der Waals surface area contributed by atoms with Gasteiger partial charge in [0.25, 0.3) is 11.5 Å². The quantitative estimate of drug-likeness (QED) is 0.774. The van der Waals surface area contributed by atoms with Crippen LogP contribution in [0.1, 0.15) is 35.5 Å². The Morgan fingerprint density at radius 3 is 2.52 bits per heavy atom. The summed E-state index contributed by atoms with van der Waals surface area (Å²) in [5.74, 6) is -0.0183. The van der Waals surface area contributed by atoms with Gasteiger partial charge in [0, 0.05) is 57.9 Å². The lowest BCUT2D eigenvalue weighted by Crippen LogP contribution is -2.48. The first-order valence-corrected chi connectivity index (χ1v) is 9.87. The summed E-state index contributed by atoms with van der Waals surface area (Å²) in [7, 11) is 2.02. The molecule has 8 nitrogen and oxygen atoms in total. The summed E-state index contributed by atoms with van der Waals surface area (Å²) in [6.45, 7) is 10.7. The molecule has 1 fully saturated rings. The van der Waals surface area contributed by atoms with Crippen molar-refractivity contribution >= 4 is 11.6 Å². The van der Waals surface area contributed by atoms with Gasteiger partial charge in [-0.1, -0.05) is 6.92 Å². The van der Waals surface area contributed by atoms with Gasteiger partial charge in [0.1, 0.15) is 5.56 Å². The molecular formula is C19H28N6O2. The number of hydrogen-bond donors (Lipinski definition) is 0. The fourth-order valence-corrected chi connectivity index (χ4v) is 4.31. The molecule has 146 valence electrons. The maximum Gasteiger partial charge on any atom is 0.279 e. The highest BCUT2D eigenvalue weighted by molar-refractivity contribution is 6.00. The average Bonchev–Trinajstić information content (AvgIpc) is 3.13. The van der Waals surface area contributed by atoms with Crippen LogP contribution in [-0.4, -0.2) is 81.1 Å². The molecule has 0 saturated carbocycles. The van der Waals surface area contributed by atoms with E-state index in [1.807, 2.05) is 11.9 Å². The van der Waals surface area contributed by atoms with Gasteiger partial charge in [-0.2, -0.15) is 9.61 Å². The fraction of sp³-hybridized carbons (Fsp3) is 0.632. The van der Waals surface area contributed by atoms with E-state index in [-0.39, 0.29) is 11.5 Å². The van der Waals surface area contributed by atoms with Crippen LogP contribution in [0.5, 0.6) is 0 Å². The standard InChI is InChI=1S/C19H28N6O2/c1-4-22-8-10-23(11-9-22)18(26)14-12-20-25-17(14)24(5-2)16-6-7-21(3)13-15(16)19(25)27/h12H,4-11,13H2,1-3H3. The van der Waals surface area contributed by atoms with Gasteiger partial charge in [-0.25, -0.2) is 0 Å². The van der Waals surface area contributed by atoms with Crippen molar-refractivity contribution < 1.29 is 4.79 Å². The Labute approximate surface area is 159 Å². The van der Waals surface area contributed by atoms with Crippen LogP contribution < -0.4 is 5.56 Å². The Morgan fingerprint density at radius 1 is 1.11 bits per heavy atom. The molecular weight excluding hydrogens is 344 g/mol. The lowest BCUT2D eigenvalue weighted by atomic mass is 10.1. The lowest BCUT2D eigenvalue weighted by molar-refractivity contribution is 0.0645. The van der Waals surface area contributed by atoms with E-state index in [9.17, 15) is 9.59 Å². The second-order valence-corrected chi connectivity index (χ2v) is 7.48. The summed E-state index contributed by atoms with van der Waals surface area (Å²) in [6.07, 6.45) is 2.39. The van der Waals surface area contributed by atoms with Gasteiger partial charge in [-0.3, -0.25) is 9.59 Å². The van der Waals surface area contributed by atoms with Crippen molar-refractivity contribution in [2.45, 2.75) is 33.4 Å². The Balaban J connectivity index is 1.78. The number of fused-ring (bicyclic) bond motifs is 2. The van der Waals surface area contributed by atoms with Gasteiger partial charge in [0.2, 0.25) is 0 Å². The highest BCUT2D eigenvalue weighted by atomic mass is 16.2. The second kappa shape index (κ2) is 7.09. The zero-order valence-corrected chi connectivity index (χ0v) is 16.4. The van der Waals surface area contributed by atoms with Crippen molar-refractivity contribution in [2.24, 2.45) is 0 Å². The normalized spacial score (nSPS) is 18.9. The van der Waals surface area contributed by atoms with Crippen LogP contribution in [0.4, 0.5) is 0 Å². The van der Waals surface area contributed by atoms with Gasteiger partial charge in [0.15, 0.2) is 5.65 Å². The highest BCUT2D eigenvalue weighted by Gasteiger charge is 2.28. The Bertz CT molecular complexity index is 922. The zero-order chi connectivity index (χ0) is 19.1. The monoisotopic (exact) mass is 372 g/mol. The van der Waals surface area contributed by atoms with Crippen LogP contribution in [0.15, 0.2) is 11.0 Å². The molecule has 1 amide bonds. The molecule has 0 bridgehead atoms. The molecule has 27 heavy (non-hydrogen) atoms.